The molecule has 74 valence electrons. The molecule has 0 aromatic carbocycles. The number of aryl methyl sites for hydroxylation is 1. The van der Waals surface area contributed by atoms with Gasteiger partial charge in [-0.1, -0.05) is 17.1 Å². The van der Waals surface area contributed by atoms with E-state index in [0.717, 1.165) is 28.7 Å². The maximum absolute atomic E-state index is 4.18. The van der Waals surface area contributed by atoms with Crippen molar-refractivity contribution < 1.29 is 4.90 Å². The Morgan fingerprint density at radius 2 is 2.21 bits per heavy atom. The number of aromatic nitrogens is 2. The van der Waals surface area contributed by atoms with Crippen molar-refractivity contribution in [1.29, 1.82) is 0 Å². The summed E-state index contributed by atoms with van der Waals surface area (Å²) < 4.78 is 1.82. The molecule has 0 fully saturated rings. The zero-order valence-corrected chi connectivity index (χ0v) is 8.65. The second kappa shape index (κ2) is 3.34. The molecular formula is C9H14N5+. The first-order valence-electron chi connectivity index (χ1n) is 4.71. The van der Waals surface area contributed by atoms with E-state index in [1.54, 1.807) is 6.20 Å². The molecule has 1 aromatic rings. The number of quaternary nitrogens is 1. The minimum Gasteiger partial charge on any atom is -0.261 e. The number of rotatable bonds is 2. The lowest BCUT2D eigenvalue weighted by Gasteiger charge is -2.08. The predicted octanol–water partition coefficient (Wildman–Crippen LogP) is -0.581. The van der Waals surface area contributed by atoms with Crippen LogP contribution in [0.3, 0.4) is 0 Å². The fourth-order valence-corrected chi connectivity index (χ4v) is 1.58. The number of nitrogens with one attached hydrogen (secondary N) is 1. The molecule has 1 atom stereocenters. The van der Waals surface area contributed by atoms with Crippen LogP contribution in [0.15, 0.2) is 22.5 Å². The minimum atomic E-state index is 0.927. The highest BCUT2D eigenvalue weighted by Crippen LogP contribution is 1.99. The third-order valence-corrected chi connectivity index (χ3v) is 2.46. The summed E-state index contributed by atoms with van der Waals surface area (Å²) in [6.45, 7) is 2.09. The Morgan fingerprint density at radius 1 is 1.43 bits per heavy atom. The second-order valence-electron chi connectivity index (χ2n) is 3.31. The molecule has 0 bridgehead atoms. The van der Waals surface area contributed by atoms with E-state index in [4.69, 9.17) is 0 Å². The fourth-order valence-electron chi connectivity index (χ4n) is 1.58. The fraction of sp³-hybridized carbons (Fsp3) is 0.444. The lowest BCUT2D eigenvalue weighted by molar-refractivity contribution is -0.673. The van der Waals surface area contributed by atoms with Gasteiger partial charge in [-0.15, -0.1) is 0 Å². The van der Waals surface area contributed by atoms with Gasteiger partial charge in [0, 0.05) is 19.7 Å². The van der Waals surface area contributed by atoms with Crippen molar-refractivity contribution in [2.24, 2.45) is 17.3 Å². The first-order valence-corrected chi connectivity index (χ1v) is 4.71. The number of nitrogens with zero attached hydrogens (tertiary/aromatic N) is 4. The first kappa shape index (κ1) is 9.08. The number of amidine groups is 2. The first-order chi connectivity index (χ1) is 6.74. The van der Waals surface area contributed by atoms with Crippen LogP contribution in [0.1, 0.15) is 19.0 Å². The van der Waals surface area contributed by atoms with Crippen molar-refractivity contribution in [3.63, 3.8) is 0 Å². The van der Waals surface area contributed by atoms with Crippen LogP contribution in [0.25, 0.3) is 0 Å². The number of hydrogen-bond acceptors (Lipinski definition) is 3. The molecule has 2 heterocycles. The van der Waals surface area contributed by atoms with E-state index in [1.165, 1.54) is 0 Å². The molecule has 1 aliphatic heterocycles. The summed E-state index contributed by atoms with van der Waals surface area (Å²) in [5.41, 5.74) is 1.02. The minimum absolute atomic E-state index is 0.927. The SMILES string of the molecule is CCC1=NN=C(c2ccnn2C)[NH+]1C. The molecule has 0 radical (unpaired) electrons. The average Bonchev–Trinajstić information content (AvgIpc) is 2.72. The van der Waals surface area contributed by atoms with Crippen LogP contribution in [0.2, 0.25) is 0 Å². The highest BCUT2D eigenvalue weighted by Gasteiger charge is 2.27. The molecule has 0 amide bonds. The normalized spacial score (nSPS) is 20.9. The van der Waals surface area contributed by atoms with Crippen molar-refractivity contribution in [2.75, 3.05) is 7.05 Å². The maximum Gasteiger partial charge on any atom is 0.276 e. The summed E-state index contributed by atoms with van der Waals surface area (Å²) in [5.74, 6) is 2.02. The summed E-state index contributed by atoms with van der Waals surface area (Å²) >= 11 is 0. The van der Waals surface area contributed by atoms with Crippen LogP contribution in [0.5, 0.6) is 0 Å². The van der Waals surface area contributed by atoms with Crippen LogP contribution in [-0.4, -0.2) is 28.5 Å². The second-order valence-corrected chi connectivity index (χ2v) is 3.31. The van der Waals surface area contributed by atoms with Gasteiger partial charge in [-0.2, -0.15) is 5.10 Å². The monoisotopic (exact) mass is 192 g/mol. The van der Waals surface area contributed by atoms with Crippen LogP contribution < -0.4 is 4.90 Å². The summed E-state index contributed by atoms with van der Waals surface area (Å²) in [6, 6.07) is 1.95. The maximum atomic E-state index is 4.18. The Bertz CT molecular complexity index is 401. The molecule has 0 spiro atoms. The van der Waals surface area contributed by atoms with E-state index in [-0.39, 0.29) is 0 Å². The van der Waals surface area contributed by atoms with Crippen LogP contribution >= 0.6 is 0 Å². The van der Waals surface area contributed by atoms with Gasteiger partial charge >= 0.3 is 0 Å². The molecule has 14 heavy (non-hydrogen) atoms. The molecule has 0 aliphatic carbocycles. The van der Waals surface area contributed by atoms with Gasteiger partial charge < -0.3 is 0 Å². The smallest absolute Gasteiger partial charge is 0.261 e. The van der Waals surface area contributed by atoms with Gasteiger partial charge in [-0.25, -0.2) is 4.90 Å². The van der Waals surface area contributed by atoms with Crippen molar-refractivity contribution in [1.82, 2.24) is 9.78 Å². The van der Waals surface area contributed by atoms with Gasteiger partial charge in [-0.05, 0) is 6.07 Å². The van der Waals surface area contributed by atoms with E-state index in [2.05, 4.69) is 29.3 Å². The predicted molar refractivity (Wildman–Crippen MR) is 54.4 cm³/mol. The lowest BCUT2D eigenvalue weighted by Crippen LogP contribution is -3.13. The topological polar surface area (TPSA) is 47.0 Å². The van der Waals surface area contributed by atoms with Gasteiger partial charge in [0.25, 0.3) is 5.84 Å². The Kier molecular flexibility index (Phi) is 2.17. The summed E-state index contributed by atoms with van der Waals surface area (Å²) in [5, 5.41) is 12.4. The molecule has 5 nitrogen and oxygen atoms in total. The average molecular weight is 192 g/mol. The van der Waals surface area contributed by atoms with Crippen molar-refractivity contribution in [3.05, 3.63) is 18.0 Å². The summed E-state index contributed by atoms with van der Waals surface area (Å²) in [7, 11) is 3.97. The van der Waals surface area contributed by atoms with Crippen LogP contribution in [0.4, 0.5) is 0 Å². The zero-order valence-electron chi connectivity index (χ0n) is 8.65. The van der Waals surface area contributed by atoms with Gasteiger partial charge in [0.15, 0.2) is 0 Å². The van der Waals surface area contributed by atoms with Crippen molar-refractivity contribution in [2.45, 2.75) is 13.3 Å². The molecule has 1 unspecified atom stereocenters. The lowest BCUT2D eigenvalue weighted by atomic mass is 10.3. The quantitative estimate of drug-likeness (QED) is 0.669. The standard InChI is InChI=1S/C9H13N5/c1-4-8-11-12-9(13(8)2)7-5-6-10-14(7)3/h5-6H,4H2,1-3H3/p+1. The Hall–Kier alpha value is -1.49. The molecule has 0 saturated carbocycles. The highest BCUT2D eigenvalue weighted by molar-refractivity contribution is 5.99. The summed E-state index contributed by atoms with van der Waals surface area (Å²) in [6.07, 6.45) is 2.70. The van der Waals surface area contributed by atoms with Crippen LogP contribution in [0, 0.1) is 0 Å². The van der Waals surface area contributed by atoms with Crippen LogP contribution in [-0.2, 0) is 7.05 Å². The van der Waals surface area contributed by atoms with E-state index < -0.39 is 0 Å². The Morgan fingerprint density at radius 3 is 2.71 bits per heavy atom. The van der Waals surface area contributed by atoms with E-state index in [9.17, 15) is 0 Å². The third-order valence-electron chi connectivity index (χ3n) is 2.46. The molecule has 0 saturated heterocycles. The van der Waals surface area contributed by atoms with Gasteiger partial charge in [0.2, 0.25) is 5.84 Å². The van der Waals surface area contributed by atoms with Crippen molar-refractivity contribution >= 4 is 11.7 Å². The van der Waals surface area contributed by atoms with Crippen molar-refractivity contribution in [3.8, 4) is 0 Å². The molecule has 1 N–H and O–H groups in total. The molecule has 1 aliphatic rings. The molecule has 1 aromatic heterocycles. The largest absolute Gasteiger partial charge is 0.276 e. The molecule has 2 rings (SSSR count). The zero-order chi connectivity index (χ0) is 10.1. The molecule has 5 heteroatoms. The Labute approximate surface area is 82.7 Å². The van der Waals surface area contributed by atoms with Gasteiger partial charge in [-0.3, -0.25) is 4.68 Å². The highest BCUT2D eigenvalue weighted by atomic mass is 15.4. The van der Waals surface area contributed by atoms with E-state index in [1.807, 2.05) is 17.8 Å². The van der Waals surface area contributed by atoms with E-state index >= 15 is 0 Å². The third kappa shape index (κ3) is 1.26. The van der Waals surface area contributed by atoms with Gasteiger partial charge in [0.05, 0.1) is 7.05 Å². The number of hydrogen-bond donors (Lipinski definition) is 1. The Balaban J connectivity index is 2.29. The summed E-state index contributed by atoms with van der Waals surface area (Å²) in [4.78, 5) is 1.16. The van der Waals surface area contributed by atoms with Gasteiger partial charge in [0.1, 0.15) is 5.69 Å². The van der Waals surface area contributed by atoms with E-state index in [0.29, 0.717) is 0 Å². The molecular weight excluding hydrogens is 178 g/mol.